The van der Waals surface area contributed by atoms with E-state index in [-0.39, 0.29) is 0 Å². The molecule has 0 spiro atoms. The molecule has 3 aromatic rings. The molecule has 0 unspecified atom stereocenters. The van der Waals surface area contributed by atoms with Crippen LogP contribution in [0.25, 0.3) is 22.8 Å². The molecule has 2 aromatic carbocycles. The highest BCUT2D eigenvalue weighted by Gasteiger charge is 2.18. The van der Waals surface area contributed by atoms with Gasteiger partial charge in [-0.25, -0.2) is 0 Å². The predicted octanol–water partition coefficient (Wildman–Crippen LogP) is 6.46. The molecule has 1 heteroatoms. The van der Waals surface area contributed by atoms with E-state index in [9.17, 15) is 0 Å². The normalized spacial score (nSPS) is 13.0. The van der Waals surface area contributed by atoms with Crippen molar-refractivity contribution in [3.05, 3.63) is 81.5 Å². The summed E-state index contributed by atoms with van der Waals surface area (Å²) >= 11 is 1.96. The van der Waals surface area contributed by atoms with Gasteiger partial charge in [0.15, 0.2) is 0 Å². The molecule has 1 aliphatic rings. The topological polar surface area (TPSA) is 0 Å². The third kappa shape index (κ3) is 2.77. The van der Waals surface area contributed by atoms with Crippen molar-refractivity contribution in [2.24, 2.45) is 0 Å². The molecule has 1 aliphatic carbocycles. The zero-order chi connectivity index (χ0) is 15.6. The van der Waals surface area contributed by atoms with Crippen molar-refractivity contribution >= 4 is 23.0 Å². The minimum atomic E-state index is 1.06. The van der Waals surface area contributed by atoms with Crippen LogP contribution in [-0.4, -0.2) is 0 Å². The van der Waals surface area contributed by atoms with Crippen molar-refractivity contribution in [1.29, 1.82) is 0 Å². The van der Waals surface area contributed by atoms with E-state index in [0.29, 0.717) is 0 Å². The Morgan fingerprint density at radius 3 is 2.61 bits per heavy atom. The van der Waals surface area contributed by atoms with E-state index in [4.69, 9.17) is 0 Å². The lowest BCUT2D eigenvalue weighted by molar-refractivity contribution is 0.940. The van der Waals surface area contributed by atoms with Crippen molar-refractivity contribution in [2.45, 2.75) is 26.2 Å². The number of hydrogen-bond donors (Lipinski definition) is 0. The molecule has 0 aliphatic heterocycles. The van der Waals surface area contributed by atoms with Gasteiger partial charge in [-0.2, -0.15) is 0 Å². The maximum absolute atomic E-state index is 2.40. The zero-order valence-electron chi connectivity index (χ0n) is 13.4. The maximum atomic E-state index is 2.40. The summed E-state index contributed by atoms with van der Waals surface area (Å²) < 4.78 is 0. The number of allylic oxidation sites excluding steroid dienone is 1. The molecule has 114 valence electrons. The average molecular weight is 316 g/mol. The van der Waals surface area contributed by atoms with Crippen LogP contribution in [0.2, 0.25) is 0 Å². The van der Waals surface area contributed by atoms with Gasteiger partial charge < -0.3 is 0 Å². The van der Waals surface area contributed by atoms with E-state index < -0.39 is 0 Å². The quantitative estimate of drug-likeness (QED) is 0.518. The van der Waals surface area contributed by atoms with Crippen LogP contribution in [0.4, 0.5) is 0 Å². The van der Waals surface area contributed by atoms with E-state index in [1.807, 2.05) is 11.3 Å². The van der Waals surface area contributed by atoms with Crippen molar-refractivity contribution < 1.29 is 0 Å². The van der Waals surface area contributed by atoms with Crippen LogP contribution >= 0.6 is 11.3 Å². The van der Waals surface area contributed by atoms with Crippen LogP contribution in [-0.2, 0) is 12.8 Å². The summed E-state index contributed by atoms with van der Waals surface area (Å²) in [7, 11) is 0. The number of benzene rings is 2. The molecule has 0 saturated carbocycles. The average Bonchev–Trinajstić information content (AvgIpc) is 3.22. The summed E-state index contributed by atoms with van der Waals surface area (Å²) in [5, 5.41) is 0. The van der Waals surface area contributed by atoms with E-state index in [0.717, 1.165) is 6.42 Å². The standard InChI is InChI=1S/C22H20S/c1-2-7-19-12-13-22(23-19)18-14-17-10-6-11-20(21(17)15-18)16-8-4-3-5-9-16/h3-6,8-13,15H,2,7,14H2,1H3. The third-order valence-corrected chi connectivity index (χ3v) is 5.68. The second kappa shape index (κ2) is 6.17. The number of hydrogen-bond acceptors (Lipinski definition) is 1. The van der Waals surface area contributed by atoms with E-state index in [1.165, 1.54) is 50.4 Å². The molecule has 0 atom stereocenters. The first-order chi connectivity index (χ1) is 11.3. The fraction of sp³-hybridized carbons (Fsp3) is 0.182. The van der Waals surface area contributed by atoms with Gasteiger partial charge in [-0.3, -0.25) is 0 Å². The minimum absolute atomic E-state index is 1.06. The van der Waals surface area contributed by atoms with Crippen LogP contribution < -0.4 is 0 Å². The monoisotopic (exact) mass is 316 g/mol. The molecule has 1 heterocycles. The van der Waals surface area contributed by atoms with Gasteiger partial charge in [-0.1, -0.05) is 61.9 Å². The minimum Gasteiger partial charge on any atom is -0.141 e. The molecule has 0 saturated heterocycles. The highest BCUT2D eigenvalue weighted by Crippen LogP contribution is 2.39. The smallest absolute Gasteiger partial charge is 0.0308 e. The van der Waals surface area contributed by atoms with Gasteiger partial charge in [0, 0.05) is 9.75 Å². The number of thiophene rings is 1. The summed E-state index contributed by atoms with van der Waals surface area (Å²) in [6.45, 7) is 2.25. The first-order valence-corrected chi connectivity index (χ1v) is 9.14. The fourth-order valence-corrected chi connectivity index (χ4v) is 4.45. The van der Waals surface area contributed by atoms with Crippen LogP contribution in [0.5, 0.6) is 0 Å². The molecule has 1 aromatic heterocycles. The molecule has 0 amide bonds. The molecular formula is C22H20S. The number of fused-ring (bicyclic) bond motifs is 1. The van der Waals surface area contributed by atoms with Crippen molar-refractivity contribution in [1.82, 2.24) is 0 Å². The summed E-state index contributed by atoms with van der Waals surface area (Å²) in [6.07, 6.45) is 5.87. The third-order valence-electron chi connectivity index (χ3n) is 4.46. The van der Waals surface area contributed by atoms with Crippen LogP contribution in [0.15, 0.2) is 60.7 Å². The zero-order valence-corrected chi connectivity index (χ0v) is 14.2. The second-order valence-electron chi connectivity index (χ2n) is 6.11. The van der Waals surface area contributed by atoms with Crippen molar-refractivity contribution in [3.63, 3.8) is 0 Å². The highest BCUT2D eigenvalue weighted by atomic mass is 32.1. The van der Waals surface area contributed by atoms with Crippen LogP contribution in [0.1, 0.15) is 34.2 Å². The fourth-order valence-electron chi connectivity index (χ4n) is 3.33. The molecule has 0 fully saturated rings. The molecular weight excluding hydrogens is 296 g/mol. The molecule has 0 radical (unpaired) electrons. The lowest BCUT2D eigenvalue weighted by Crippen LogP contribution is -1.86. The summed E-state index contributed by atoms with van der Waals surface area (Å²) in [4.78, 5) is 2.94. The molecule has 0 bridgehead atoms. The Balaban J connectivity index is 1.73. The first kappa shape index (κ1) is 14.5. The highest BCUT2D eigenvalue weighted by molar-refractivity contribution is 7.13. The summed E-state index contributed by atoms with van der Waals surface area (Å²) in [5.41, 5.74) is 6.98. The first-order valence-electron chi connectivity index (χ1n) is 8.32. The second-order valence-corrected chi connectivity index (χ2v) is 7.28. The van der Waals surface area contributed by atoms with Crippen molar-refractivity contribution in [3.8, 4) is 11.1 Å². The maximum Gasteiger partial charge on any atom is 0.0308 e. The number of rotatable bonds is 4. The lowest BCUT2D eigenvalue weighted by Gasteiger charge is -2.07. The summed E-state index contributed by atoms with van der Waals surface area (Å²) in [6, 6.07) is 22.0. The Kier molecular flexibility index (Phi) is 3.88. The molecule has 0 nitrogen and oxygen atoms in total. The van der Waals surface area contributed by atoms with E-state index in [2.05, 4.69) is 73.7 Å². The lowest BCUT2D eigenvalue weighted by atomic mass is 9.97. The van der Waals surface area contributed by atoms with Gasteiger partial charge in [0.25, 0.3) is 0 Å². The van der Waals surface area contributed by atoms with Gasteiger partial charge in [0.05, 0.1) is 0 Å². The van der Waals surface area contributed by atoms with E-state index in [1.54, 1.807) is 0 Å². The Morgan fingerprint density at radius 1 is 0.913 bits per heavy atom. The van der Waals surface area contributed by atoms with Gasteiger partial charge in [0.1, 0.15) is 0 Å². The Hall–Kier alpha value is -2.12. The van der Waals surface area contributed by atoms with Gasteiger partial charge in [-0.15, -0.1) is 11.3 Å². The van der Waals surface area contributed by atoms with Gasteiger partial charge in [-0.05, 0) is 58.9 Å². The summed E-state index contributed by atoms with van der Waals surface area (Å²) in [5.74, 6) is 0. The van der Waals surface area contributed by atoms with Crippen LogP contribution in [0, 0.1) is 0 Å². The van der Waals surface area contributed by atoms with Gasteiger partial charge >= 0.3 is 0 Å². The predicted molar refractivity (Wildman–Crippen MR) is 102 cm³/mol. The Morgan fingerprint density at radius 2 is 1.78 bits per heavy atom. The molecule has 23 heavy (non-hydrogen) atoms. The Bertz CT molecular complexity index is 853. The SMILES string of the molecule is CCCc1ccc(C2=Cc3c(cccc3-c3ccccc3)C2)s1. The van der Waals surface area contributed by atoms with Crippen LogP contribution in [0.3, 0.4) is 0 Å². The largest absolute Gasteiger partial charge is 0.141 e. The van der Waals surface area contributed by atoms with Crippen molar-refractivity contribution in [2.75, 3.05) is 0 Å². The molecule has 4 rings (SSSR count). The van der Waals surface area contributed by atoms with E-state index >= 15 is 0 Å². The number of aryl methyl sites for hydroxylation is 1. The Labute approximate surface area is 142 Å². The molecule has 0 N–H and O–H groups in total. The van der Waals surface area contributed by atoms with Gasteiger partial charge in [0.2, 0.25) is 0 Å².